The van der Waals surface area contributed by atoms with Gasteiger partial charge >= 0.3 is 17.3 Å². The molecule has 0 spiro atoms. The van der Waals surface area contributed by atoms with E-state index in [-0.39, 0.29) is 12.7 Å². The molecule has 2 unspecified atom stereocenters. The molecule has 0 bridgehead atoms. The Labute approximate surface area is 84.6 Å². The van der Waals surface area contributed by atoms with E-state index in [2.05, 4.69) is 4.18 Å². The van der Waals surface area contributed by atoms with Crippen LogP contribution in [0.25, 0.3) is 0 Å². The predicted octanol–water partition coefficient (Wildman–Crippen LogP) is 0.466. The van der Waals surface area contributed by atoms with E-state index in [1.54, 1.807) is 0 Å². The Morgan fingerprint density at radius 1 is 1.36 bits per heavy atom. The first-order chi connectivity index (χ1) is 6.75. The molecule has 1 saturated heterocycles. The summed E-state index contributed by atoms with van der Waals surface area (Å²) in [6.45, 7) is 0.0260. The van der Waals surface area contributed by atoms with Crippen LogP contribution < -0.4 is 0 Å². The fourth-order valence-corrected chi connectivity index (χ4v) is 2.24. The molecule has 2 rings (SSSR count). The van der Waals surface area contributed by atoms with Gasteiger partial charge in [-0.05, 0) is 25.7 Å². The van der Waals surface area contributed by atoms with Crippen molar-refractivity contribution >= 4 is 17.3 Å². The van der Waals surface area contributed by atoms with Gasteiger partial charge in [0.15, 0.2) is 6.10 Å². The summed E-state index contributed by atoms with van der Waals surface area (Å²) in [5, 5.41) is 0. The highest BCUT2D eigenvalue weighted by atomic mass is 32.2. The van der Waals surface area contributed by atoms with Crippen molar-refractivity contribution in [2.75, 3.05) is 6.61 Å². The largest absolute Gasteiger partial charge is 0.460 e. The van der Waals surface area contributed by atoms with Gasteiger partial charge in [0.1, 0.15) is 12.7 Å². The molecule has 0 radical (unpaired) electrons. The van der Waals surface area contributed by atoms with Gasteiger partial charge in [0.05, 0.1) is 0 Å². The Hall–Kier alpha value is -0.460. The zero-order valence-electron chi connectivity index (χ0n) is 7.64. The smallest absolute Gasteiger partial charge is 0.339 e. The molecule has 1 heterocycles. The first kappa shape index (κ1) is 10.1. The third-order valence-corrected chi connectivity index (χ3v) is 3.08. The molecular weight excluding hydrogens is 208 g/mol. The summed E-state index contributed by atoms with van der Waals surface area (Å²) in [6.07, 6.45) is 3.25. The van der Waals surface area contributed by atoms with Gasteiger partial charge in [-0.2, -0.15) is 4.21 Å². The second-order valence-corrected chi connectivity index (χ2v) is 4.25. The molecule has 0 aromatic carbocycles. The second-order valence-electron chi connectivity index (χ2n) is 3.42. The molecule has 2 atom stereocenters. The maximum Gasteiger partial charge on any atom is 0.339 e. The van der Waals surface area contributed by atoms with Gasteiger partial charge in [0.2, 0.25) is 0 Å². The van der Waals surface area contributed by atoms with Crippen molar-refractivity contribution < 1.29 is 22.1 Å². The summed E-state index contributed by atoms with van der Waals surface area (Å²) < 4.78 is 25.1. The Morgan fingerprint density at radius 3 is 2.64 bits per heavy atom. The Bertz CT molecular complexity index is 248. The molecule has 0 aromatic rings. The standard InChI is InChI=1S/C8H12O5S/c9-8(7-5-11-14(10)13-7)12-6-3-1-2-4-6/h6-7H,1-5H2. The molecule has 5 nitrogen and oxygen atoms in total. The van der Waals surface area contributed by atoms with E-state index in [4.69, 9.17) is 8.92 Å². The minimum absolute atomic E-state index is 0.0140. The van der Waals surface area contributed by atoms with Gasteiger partial charge in [0.25, 0.3) is 0 Å². The summed E-state index contributed by atoms with van der Waals surface area (Å²) >= 11 is -1.78. The quantitative estimate of drug-likeness (QED) is 0.633. The van der Waals surface area contributed by atoms with Crippen LogP contribution in [-0.2, 0) is 29.3 Å². The van der Waals surface area contributed by atoms with Crippen LogP contribution in [0.15, 0.2) is 0 Å². The van der Waals surface area contributed by atoms with Crippen LogP contribution in [-0.4, -0.2) is 29.0 Å². The van der Waals surface area contributed by atoms with Crippen molar-refractivity contribution in [1.82, 2.24) is 0 Å². The summed E-state index contributed by atoms with van der Waals surface area (Å²) in [5.41, 5.74) is 0. The van der Waals surface area contributed by atoms with Crippen LogP contribution in [0, 0.1) is 0 Å². The lowest BCUT2D eigenvalue weighted by atomic mass is 10.3. The number of carbonyl (C=O) groups excluding carboxylic acids is 1. The van der Waals surface area contributed by atoms with Crippen LogP contribution >= 0.6 is 0 Å². The first-order valence-corrected chi connectivity index (χ1v) is 5.68. The highest BCUT2D eigenvalue weighted by molar-refractivity contribution is 7.75. The van der Waals surface area contributed by atoms with Crippen molar-refractivity contribution in [3.05, 3.63) is 0 Å². The molecule has 14 heavy (non-hydrogen) atoms. The lowest BCUT2D eigenvalue weighted by Gasteiger charge is -2.12. The monoisotopic (exact) mass is 220 g/mol. The average Bonchev–Trinajstić information content (AvgIpc) is 2.75. The van der Waals surface area contributed by atoms with Crippen molar-refractivity contribution in [3.63, 3.8) is 0 Å². The number of hydrogen-bond acceptors (Lipinski definition) is 5. The average molecular weight is 220 g/mol. The molecule has 80 valence electrons. The fourth-order valence-electron chi connectivity index (χ4n) is 1.62. The van der Waals surface area contributed by atoms with E-state index in [9.17, 15) is 9.00 Å². The van der Waals surface area contributed by atoms with E-state index in [0.29, 0.717) is 0 Å². The Balaban J connectivity index is 1.80. The highest BCUT2D eigenvalue weighted by Gasteiger charge is 2.33. The molecule has 0 amide bonds. The Kier molecular flexibility index (Phi) is 3.15. The summed E-state index contributed by atoms with van der Waals surface area (Å²) in [6, 6.07) is 0. The minimum atomic E-state index is -1.78. The normalized spacial score (nSPS) is 33.4. The number of ether oxygens (including phenoxy) is 1. The van der Waals surface area contributed by atoms with Crippen LogP contribution in [0.3, 0.4) is 0 Å². The van der Waals surface area contributed by atoms with Crippen molar-refractivity contribution in [3.8, 4) is 0 Å². The number of hydrogen-bond donors (Lipinski definition) is 0. The third kappa shape index (κ3) is 2.31. The fraction of sp³-hybridized carbons (Fsp3) is 0.875. The molecule has 1 aliphatic heterocycles. The van der Waals surface area contributed by atoms with Gasteiger partial charge in [-0.25, -0.2) is 4.79 Å². The number of rotatable bonds is 2. The number of carbonyl (C=O) groups is 1. The van der Waals surface area contributed by atoms with Crippen LogP contribution in [0.1, 0.15) is 25.7 Å². The van der Waals surface area contributed by atoms with Gasteiger partial charge in [0, 0.05) is 0 Å². The van der Waals surface area contributed by atoms with Gasteiger partial charge in [-0.15, -0.1) is 0 Å². The summed E-state index contributed by atoms with van der Waals surface area (Å²) in [7, 11) is 0. The van der Waals surface area contributed by atoms with Crippen LogP contribution in [0.2, 0.25) is 0 Å². The van der Waals surface area contributed by atoms with Gasteiger partial charge in [-0.1, -0.05) is 0 Å². The zero-order valence-corrected chi connectivity index (χ0v) is 8.46. The third-order valence-electron chi connectivity index (χ3n) is 2.36. The van der Waals surface area contributed by atoms with Gasteiger partial charge in [-0.3, -0.25) is 8.37 Å². The molecule has 2 aliphatic rings. The van der Waals surface area contributed by atoms with Gasteiger partial charge < -0.3 is 4.74 Å². The lowest BCUT2D eigenvalue weighted by molar-refractivity contribution is -0.156. The second kappa shape index (κ2) is 4.37. The van der Waals surface area contributed by atoms with E-state index in [1.165, 1.54) is 0 Å². The maximum atomic E-state index is 11.4. The van der Waals surface area contributed by atoms with Crippen molar-refractivity contribution in [1.29, 1.82) is 0 Å². The first-order valence-electron chi connectivity index (χ1n) is 4.68. The summed E-state index contributed by atoms with van der Waals surface area (Å²) in [5.74, 6) is -0.456. The molecule has 1 saturated carbocycles. The molecule has 2 fully saturated rings. The minimum Gasteiger partial charge on any atom is -0.460 e. The van der Waals surface area contributed by atoms with E-state index >= 15 is 0 Å². The molecule has 1 aliphatic carbocycles. The molecule has 6 heteroatoms. The highest BCUT2D eigenvalue weighted by Crippen LogP contribution is 2.22. The zero-order chi connectivity index (χ0) is 9.97. The van der Waals surface area contributed by atoms with Crippen LogP contribution in [0.4, 0.5) is 0 Å². The lowest BCUT2D eigenvalue weighted by Crippen LogP contribution is -2.28. The Morgan fingerprint density at radius 2 is 2.07 bits per heavy atom. The topological polar surface area (TPSA) is 61.8 Å². The SMILES string of the molecule is O=C(OC1CCCC1)C1COS(=O)O1. The van der Waals surface area contributed by atoms with E-state index in [1.807, 2.05) is 0 Å². The van der Waals surface area contributed by atoms with E-state index < -0.39 is 23.4 Å². The molecule has 0 N–H and O–H groups in total. The predicted molar refractivity (Wildman–Crippen MR) is 47.3 cm³/mol. The van der Waals surface area contributed by atoms with Crippen LogP contribution in [0.5, 0.6) is 0 Å². The van der Waals surface area contributed by atoms with Crippen molar-refractivity contribution in [2.45, 2.75) is 37.9 Å². The molecular formula is C8H12O5S. The maximum absolute atomic E-state index is 11.4. The molecule has 0 aromatic heterocycles. The van der Waals surface area contributed by atoms with E-state index in [0.717, 1.165) is 25.7 Å². The number of esters is 1. The van der Waals surface area contributed by atoms with Crippen molar-refractivity contribution in [2.24, 2.45) is 0 Å². The summed E-state index contributed by atoms with van der Waals surface area (Å²) in [4.78, 5) is 11.4.